The number of nitrogens with two attached hydrogens (primary N) is 1. The van der Waals surface area contributed by atoms with Gasteiger partial charge in [0.2, 0.25) is 11.8 Å². The Kier molecular flexibility index (Phi) is 7.04. The number of benzene rings is 1. The molecule has 0 saturated carbocycles. The highest BCUT2D eigenvalue weighted by Crippen LogP contribution is 2.23. The highest BCUT2D eigenvalue weighted by atomic mass is 35.5. The molecule has 0 aliphatic carbocycles. The Bertz CT molecular complexity index is 891. The fraction of sp³-hybridized carbons (Fsp3) is 0.524. The van der Waals surface area contributed by atoms with E-state index in [1.165, 1.54) is 17.0 Å². The van der Waals surface area contributed by atoms with Crippen LogP contribution in [0.3, 0.4) is 0 Å². The van der Waals surface area contributed by atoms with Gasteiger partial charge in [0.05, 0.1) is 23.0 Å². The first-order valence-corrected chi connectivity index (χ1v) is 10.7. The zero-order valence-electron chi connectivity index (χ0n) is 17.5. The van der Waals surface area contributed by atoms with E-state index in [0.29, 0.717) is 25.1 Å². The Hall–Kier alpha value is -2.81. The Morgan fingerprint density at radius 1 is 1.29 bits per heavy atom. The predicted octanol–water partition coefficient (Wildman–Crippen LogP) is 1.10. The fourth-order valence-electron chi connectivity index (χ4n) is 3.83. The van der Waals surface area contributed by atoms with Crippen molar-refractivity contribution >= 4 is 41.0 Å². The number of carbonyl (C=O) groups is 4. The molecule has 0 aromatic heterocycles. The van der Waals surface area contributed by atoms with Gasteiger partial charge in [-0.05, 0) is 37.0 Å². The van der Waals surface area contributed by atoms with Gasteiger partial charge in [-0.3, -0.25) is 19.2 Å². The number of hydrogen-bond acceptors (Lipinski definition) is 6. The van der Waals surface area contributed by atoms with Gasteiger partial charge in [0.1, 0.15) is 18.7 Å². The van der Waals surface area contributed by atoms with Crippen molar-refractivity contribution in [2.24, 2.45) is 5.92 Å². The zero-order chi connectivity index (χ0) is 22.7. The van der Waals surface area contributed by atoms with Crippen LogP contribution in [0.2, 0.25) is 5.02 Å². The number of nitrogens with one attached hydrogen (secondary N) is 2. The van der Waals surface area contributed by atoms with Gasteiger partial charge >= 0.3 is 5.97 Å². The zero-order valence-corrected chi connectivity index (χ0v) is 18.3. The third-order valence-electron chi connectivity index (χ3n) is 5.50. The normalized spacial score (nSPS) is 21.7. The van der Waals surface area contributed by atoms with Gasteiger partial charge in [-0.15, -0.1) is 0 Å². The maximum Gasteiger partial charge on any atom is 0.308 e. The van der Waals surface area contributed by atoms with E-state index >= 15 is 0 Å². The second kappa shape index (κ2) is 9.55. The standard InChI is InChI=1S/C21H27ClN4O5/c1-11(2)18(25-19(28)14-6-5-12(23)8-15(14)22)21(30)26-7-3-4-16(26)20(29)24-13-9-17(27)31-10-13/h5-6,8,11,13,16,18H,3-4,7,9-10,23H2,1-2H3,(H,24,29)(H,25,28)/t13-,16-,18-/m0/s1. The van der Waals surface area contributed by atoms with Crippen LogP contribution in [-0.2, 0) is 19.1 Å². The summed E-state index contributed by atoms with van der Waals surface area (Å²) in [6.45, 7) is 4.19. The number of ether oxygens (including phenoxy) is 1. The fourth-order valence-corrected chi connectivity index (χ4v) is 4.11. The number of cyclic esters (lactones) is 1. The first-order valence-electron chi connectivity index (χ1n) is 10.3. The molecule has 0 bridgehead atoms. The first-order chi connectivity index (χ1) is 14.7. The van der Waals surface area contributed by atoms with Gasteiger partial charge in [-0.1, -0.05) is 25.4 Å². The number of hydrogen-bond donors (Lipinski definition) is 3. The van der Waals surface area contributed by atoms with Gasteiger partial charge in [0, 0.05) is 12.2 Å². The van der Waals surface area contributed by atoms with Crippen LogP contribution in [0.15, 0.2) is 18.2 Å². The van der Waals surface area contributed by atoms with Crippen molar-refractivity contribution in [3.8, 4) is 0 Å². The average molecular weight is 451 g/mol. The molecule has 2 saturated heterocycles. The molecule has 0 unspecified atom stereocenters. The minimum absolute atomic E-state index is 0.124. The van der Waals surface area contributed by atoms with E-state index in [1.807, 2.05) is 13.8 Å². The Balaban J connectivity index is 1.70. The topological polar surface area (TPSA) is 131 Å². The van der Waals surface area contributed by atoms with Crippen molar-refractivity contribution < 1.29 is 23.9 Å². The summed E-state index contributed by atoms with van der Waals surface area (Å²) in [5.74, 6) is -1.70. The molecule has 3 amide bonds. The lowest BCUT2D eigenvalue weighted by Gasteiger charge is -2.31. The van der Waals surface area contributed by atoms with E-state index in [-0.39, 0.29) is 53.4 Å². The van der Waals surface area contributed by atoms with Crippen molar-refractivity contribution in [1.82, 2.24) is 15.5 Å². The summed E-state index contributed by atoms with van der Waals surface area (Å²) < 4.78 is 4.88. The molecule has 3 atom stereocenters. The van der Waals surface area contributed by atoms with E-state index in [1.54, 1.807) is 6.07 Å². The largest absolute Gasteiger partial charge is 0.463 e. The van der Waals surface area contributed by atoms with Crippen LogP contribution in [0, 0.1) is 5.92 Å². The van der Waals surface area contributed by atoms with Crippen molar-refractivity contribution in [2.45, 2.75) is 51.2 Å². The summed E-state index contributed by atoms with van der Waals surface area (Å²) in [7, 11) is 0. The molecular formula is C21H27ClN4O5. The van der Waals surface area contributed by atoms with E-state index in [0.717, 1.165) is 0 Å². The van der Waals surface area contributed by atoms with Crippen LogP contribution in [0.1, 0.15) is 43.5 Å². The summed E-state index contributed by atoms with van der Waals surface area (Å²) >= 11 is 6.13. The average Bonchev–Trinajstić information content (AvgIpc) is 3.34. The maximum atomic E-state index is 13.3. The van der Waals surface area contributed by atoms with Crippen LogP contribution in [0.5, 0.6) is 0 Å². The Morgan fingerprint density at radius 2 is 2.03 bits per heavy atom. The number of halogens is 1. The van der Waals surface area contributed by atoms with Crippen molar-refractivity contribution in [3.63, 3.8) is 0 Å². The molecule has 2 heterocycles. The second-order valence-corrected chi connectivity index (χ2v) is 8.62. The smallest absolute Gasteiger partial charge is 0.308 e. The molecule has 168 valence electrons. The lowest BCUT2D eigenvalue weighted by molar-refractivity contribution is -0.140. The quantitative estimate of drug-likeness (QED) is 0.439. The monoisotopic (exact) mass is 450 g/mol. The van der Waals surface area contributed by atoms with Crippen molar-refractivity contribution in [1.29, 1.82) is 0 Å². The van der Waals surface area contributed by atoms with Crippen LogP contribution in [-0.4, -0.2) is 59.9 Å². The van der Waals surface area contributed by atoms with Crippen LogP contribution in [0.4, 0.5) is 5.69 Å². The summed E-state index contributed by atoms with van der Waals surface area (Å²) in [5.41, 5.74) is 6.32. The highest BCUT2D eigenvalue weighted by Gasteiger charge is 2.40. The van der Waals surface area contributed by atoms with Crippen LogP contribution >= 0.6 is 11.6 Å². The maximum absolute atomic E-state index is 13.3. The number of esters is 1. The molecular weight excluding hydrogens is 424 g/mol. The molecule has 2 fully saturated rings. The lowest BCUT2D eigenvalue weighted by Crippen LogP contribution is -2.56. The molecule has 0 spiro atoms. The van der Waals surface area contributed by atoms with Gasteiger partial charge < -0.3 is 26.0 Å². The Morgan fingerprint density at radius 3 is 2.65 bits per heavy atom. The number of likely N-dealkylation sites (tertiary alicyclic amines) is 1. The molecule has 0 radical (unpaired) electrons. The molecule has 9 nitrogen and oxygen atoms in total. The number of nitrogen functional groups attached to an aromatic ring is 1. The SMILES string of the molecule is CC(C)[C@H](NC(=O)c1ccc(N)cc1Cl)C(=O)N1CCC[C@H]1C(=O)N[C@@H]1COC(=O)C1. The second-order valence-electron chi connectivity index (χ2n) is 8.22. The van der Waals surface area contributed by atoms with Gasteiger partial charge in [-0.2, -0.15) is 0 Å². The number of nitrogens with zero attached hydrogens (tertiary/aromatic N) is 1. The molecule has 31 heavy (non-hydrogen) atoms. The molecule has 3 rings (SSSR count). The van der Waals surface area contributed by atoms with E-state index < -0.39 is 18.0 Å². The number of rotatable bonds is 6. The molecule has 4 N–H and O–H groups in total. The van der Waals surface area contributed by atoms with Crippen molar-refractivity contribution in [2.75, 3.05) is 18.9 Å². The lowest BCUT2D eigenvalue weighted by atomic mass is 10.0. The summed E-state index contributed by atoms with van der Waals surface area (Å²) in [6, 6.07) is 2.68. The van der Waals surface area contributed by atoms with Gasteiger partial charge in [0.15, 0.2) is 0 Å². The molecule has 1 aromatic rings. The van der Waals surface area contributed by atoms with E-state index in [4.69, 9.17) is 22.1 Å². The predicted molar refractivity (Wildman–Crippen MR) is 114 cm³/mol. The molecule has 2 aliphatic rings. The minimum atomic E-state index is -0.828. The van der Waals surface area contributed by atoms with Gasteiger partial charge in [-0.25, -0.2) is 0 Å². The first kappa shape index (κ1) is 22.9. The highest BCUT2D eigenvalue weighted by molar-refractivity contribution is 6.34. The number of carbonyl (C=O) groups excluding carboxylic acids is 4. The van der Waals surface area contributed by atoms with Crippen LogP contribution < -0.4 is 16.4 Å². The molecule has 2 aliphatic heterocycles. The third-order valence-corrected chi connectivity index (χ3v) is 5.81. The summed E-state index contributed by atoms with van der Waals surface area (Å²) in [5, 5.41) is 5.74. The van der Waals surface area contributed by atoms with E-state index in [2.05, 4.69) is 10.6 Å². The number of anilines is 1. The van der Waals surface area contributed by atoms with Crippen molar-refractivity contribution in [3.05, 3.63) is 28.8 Å². The summed E-state index contributed by atoms with van der Waals surface area (Å²) in [6.07, 6.45) is 1.31. The minimum Gasteiger partial charge on any atom is -0.463 e. The number of amides is 3. The molecule has 1 aromatic carbocycles. The third kappa shape index (κ3) is 5.28. The van der Waals surface area contributed by atoms with Gasteiger partial charge in [0.25, 0.3) is 5.91 Å². The molecule has 10 heteroatoms. The summed E-state index contributed by atoms with van der Waals surface area (Å²) in [4.78, 5) is 51.6. The Labute approximate surface area is 185 Å². The van der Waals surface area contributed by atoms with E-state index in [9.17, 15) is 19.2 Å². The van der Waals surface area contributed by atoms with Crippen LogP contribution in [0.25, 0.3) is 0 Å².